The number of rotatable bonds is 2. The van der Waals surface area contributed by atoms with Crippen molar-refractivity contribution in [1.29, 1.82) is 0 Å². The third-order valence-corrected chi connectivity index (χ3v) is 3.34. The Kier molecular flexibility index (Phi) is 3.28. The van der Waals surface area contributed by atoms with Gasteiger partial charge in [0, 0.05) is 12.2 Å². The Morgan fingerprint density at radius 2 is 1.94 bits per heavy atom. The van der Waals surface area contributed by atoms with Crippen LogP contribution in [0.3, 0.4) is 0 Å². The number of halogens is 1. The van der Waals surface area contributed by atoms with E-state index in [0.717, 1.165) is 18.5 Å². The molecule has 1 saturated heterocycles. The molecule has 86 valence electrons. The summed E-state index contributed by atoms with van der Waals surface area (Å²) >= 11 is 0. The van der Waals surface area contributed by atoms with Gasteiger partial charge in [-0.25, -0.2) is 4.39 Å². The van der Waals surface area contributed by atoms with E-state index in [4.69, 9.17) is 0 Å². The highest BCUT2D eigenvalue weighted by molar-refractivity contribution is 5.21. The van der Waals surface area contributed by atoms with E-state index in [9.17, 15) is 4.39 Å². The van der Waals surface area contributed by atoms with Gasteiger partial charge in [0.25, 0.3) is 0 Å². The average Bonchev–Trinajstić information content (AvgIpc) is 2.30. The average molecular weight is 219 g/mol. The van der Waals surface area contributed by atoms with Gasteiger partial charge in [-0.1, -0.05) is 18.7 Å². The van der Waals surface area contributed by atoms with Crippen molar-refractivity contribution < 1.29 is 4.39 Å². The topological polar surface area (TPSA) is 3.24 Å². The zero-order valence-electron chi connectivity index (χ0n) is 9.75. The third kappa shape index (κ3) is 2.26. The molecule has 1 aromatic rings. The molecule has 0 spiro atoms. The molecule has 1 aliphatic heterocycles. The first-order chi connectivity index (χ1) is 7.68. The van der Waals surface area contributed by atoms with Crippen LogP contribution in [0.1, 0.15) is 37.8 Å². The van der Waals surface area contributed by atoms with Gasteiger partial charge in [0.2, 0.25) is 0 Å². The largest absolute Gasteiger partial charge is 0.369 e. The minimum Gasteiger partial charge on any atom is -0.369 e. The maximum atomic E-state index is 12.8. The first-order valence-corrected chi connectivity index (χ1v) is 5.88. The van der Waals surface area contributed by atoms with Crippen molar-refractivity contribution in [1.82, 2.24) is 4.90 Å². The molecule has 0 bridgehead atoms. The van der Waals surface area contributed by atoms with Crippen LogP contribution in [0.15, 0.2) is 36.5 Å². The van der Waals surface area contributed by atoms with E-state index >= 15 is 0 Å². The Bertz CT molecular complexity index is 369. The Balaban J connectivity index is 2.14. The number of likely N-dealkylation sites (tertiary alicyclic amines) is 1. The minimum absolute atomic E-state index is 0.173. The highest BCUT2D eigenvalue weighted by Crippen LogP contribution is 2.29. The van der Waals surface area contributed by atoms with Gasteiger partial charge in [-0.3, -0.25) is 0 Å². The molecule has 0 radical (unpaired) electrons. The summed E-state index contributed by atoms with van der Waals surface area (Å²) in [6.07, 6.45) is 3.56. The number of benzene rings is 1. The fraction of sp³-hybridized carbons (Fsp3) is 0.429. The van der Waals surface area contributed by atoms with Crippen LogP contribution in [0, 0.1) is 5.82 Å². The van der Waals surface area contributed by atoms with Crippen LogP contribution in [-0.2, 0) is 0 Å². The second-order valence-electron chi connectivity index (χ2n) is 4.44. The number of hydrogen-bond donors (Lipinski definition) is 0. The molecule has 1 nitrogen and oxygen atoms in total. The Morgan fingerprint density at radius 1 is 1.25 bits per heavy atom. The third-order valence-electron chi connectivity index (χ3n) is 3.34. The molecule has 16 heavy (non-hydrogen) atoms. The lowest BCUT2D eigenvalue weighted by Crippen LogP contribution is -2.30. The van der Waals surface area contributed by atoms with Crippen molar-refractivity contribution >= 4 is 0 Å². The molecule has 0 amide bonds. The Morgan fingerprint density at radius 3 is 2.56 bits per heavy atom. The van der Waals surface area contributed by atoms with Crippen LogP contribution in [0.5, 0.6) is 0 Å². The summed E-state index contributed by atoms with van der Waals surface area (Å²) < 4.78 is 12.8. The first kappa shape index (κ1) is 11.2. The molecule has 0 aliphatic carbocycles. The van der Waals surface area contributed by atoms with E-state index in [0.29, 0.717) is 6.04 Å². The summed E-state index contributed by atoms with van der Waals surface area (Å²) in [6, 6.07) is 7.08. The Labute approximate surface area is 96.6 Å². The first-order valence-electron chi connectivity index (χ1n) is 5.88. The fourth-order valence-electron chi connectivity index (χ4n) is 2.30. The van der Waals surface area contributed by atoms with Crippen LogP contribution in [0.25, 0.3) is 0 Å². The molecule has 0 aromatic heterocycles. The van der Waals surface area contributed by atoms with Gasteiger partial charge in [-0.2, -0.15) is 0 Å². The van der Waals surface area contributed by atoms with Gasteiger partial charge in [0.05, 0.1) is 6.04 Å². The molecule has 2 rings (SSSR count). The standard InChI is InChI=1S/C14H18FN/c1-11-5-3-4-10-16(11)12(2)13-6-8-14(15)9-7-13/h6-9,12H,1,3-5,10H2,2H3. The van der Waals surface area contributed by atoms with Crippen molar-refractivity contribution in [2.45, 2.75) is 32.2 Å². The van der Waals surface area contributed by atoms with Gasteiger partial charge in [-0.05, 0) is 43.9 Å². The van der Waals surface area contributed by atoms with Crippen molar-refractivity contribution in [2.24, 2.45) is 0 Å². The van der Waals surface area contributed by atoms with E-state index in [1.165, 1.54) is 30.7 Å². The van der Waals surface area contributed by atoms with Crippen molar-refractivity contribution in [3.05, 3.63) is 47.9 Å². The van der Waals surface area contributed by atoms with Gasteiger partial charge in [0.15, 0.2) is 0 Å². The van der Waals surface area contributed by atoms with Crippen LogP contribution < -0.4 is 0 Å². The monoisotopic (exact) mass is 219 g/mol. The molecule has 1 fully saturated rings. The van der Waals surface area contributed by atoms with Crippen LogP contribution in [0.4, 0.5) is 4.39 Å². The summed E-state index contributed by atoms with van der Waals surface area (Å²) in [4.78, 5) is 2.33. The second kappa shape index (κ2) is 4.69. The zero-order chi connectivity index (χ0) is 11.5. The highest BCUT2D eigenvalue weighted by atomic mass is 19.1. The molecular weight excluding hydrogens is 201 g/mol. The van der Waals surface area contributed by atoms with Crippen molar-refractivity contribution in [2.75, 3.05) is 6.54 Å². The predicted octanol–water partition coefficient (Wildman–Crippen LogP) is 3.89. The second-order valence-corrected chi connectivity index (χ2v) is 4.44. The van der Waals surface area contributed by atoms with E-state index in [1.54, 1.807) is 0 Å². The lowest BCUT2D eigenvalue weighted by molar-refractivity contribution is 0.231. The molecule has 1 heterocycles. The van der Waals surface area contributed by atoms with Crippen molar-refractivity contribution in [3.8, 4) is 0 Å². The smallest absolute Gasteiger partial charge is 0.123 e. The van der Waals surface area contributed by atoms with Crippen molar-refractivity contribution in [3.63, 3.8) is 0 Å². The quantitative estimate of drug-likeness (QED) is 0.729. The van der Waals surface area contributed by atoms with E-state index < -0.39 is 0 Å². The van der Waals surface area contributed by atoms with Gasteiger partial charge in [-0.15, -0.1) is 0 Å². The molecule has 2 heteroatoms. The predicted molar refractivity (Wildman–Crippen MR) is 64.5 cm³/mol. The molecule has 0 N–H and O–H groups in total. The van der Waals surface area contributed by atoms with E-state index in [2.05, 4.69) is 18.4 Å². The lowest BCUT2D eigenvalue weighted by Gasteiger charge is -2.36. The number of hydrogen-bond acceptors (Lipinski definition) is 1. The number of nitrogens with zero attached hydrogens (tertiary/aromatic N) is 1. The summed E-state index contributed by atoms with van der Waals surface area (Å²) in [6.45, 7) is 7.33. The highest BCUT2D eigenvalue weighted by Gasteiger charge is 2.19. The molecular formula is C14H18FN. The summed E-state index contributed by atoms with van der Waals surface area (Å²) in [7, 11) is 0. The van der Waals surface area contributed by atoms with Gasteiger partial charge >= 0.3 is 0 Å². The number of allylic oxidation sites excluding steroid dienone is 1. The molecule has 1 unspecified atom stereocenters. The number of piperidine rings is 1. The van der Waals surface area contributed by atoms with E-state index in [1.807, 2.05) is 12.1 Å². The summed E-state index contributed by atoms with van der Waals surface area (Å²) in [5.74, 6) is -0.173. The van der Waals surface area contributed by atoms with E-state index in [-0.39, 0.29) is 5.82 Å². The summed E-state index contributed by atoms with van der Waals surface area (Å²) in [5.41, 5.74) is 2.37. The fourth-order valence-corrected chi connectivity index (χ4v) is 2.30. The SMILES string of the molecule is C=C1CCCCN1C(C)c1ccc(F)cc1. The van der Waals surface area contributed by atoms with Crippen LogP contribution in [-0.4, -0.2) is 11.4 Å². The maximum absolute atomic E-state index is 12.8. The Hall–Kier alpha value is -1.31. The molecule has 1 aliphatic rings. The van der Waals surface area contributed by atoms with Crippen LogP contribution in [0.2, 0.25) is 0 Å². The van der Waals surface area contributed by atoms with Crippen LogP contribution >= 0.6 is 0 Å². The molecule has 1 aromatic carbocycles. The summed E-state index contributed by atoms with van der Waals surface area (Å²) in [5, 5.41) is 0. The van der Waals surface area contributed by atoms with Gasteiger partial charge < -0.3 is 4.90 Å². The molecule has 1 atom stereocenters. The zero-order valence-corrected chi connectivity index (χ0v) is 9.75. The molecule has 0 saturated carbocycles. The lowest BCUT2D eigenvalue weighted by atomic mass is 10.0. The minimum atomic E-state index is -0.173. The van der Waals surface area contributed by atoms with Gasteiger partial charge in [0.1, 0.15) is 5.82 Å². The maximum Gasteiger partial charge on any atom is 0.123 e. The normalized spacial score (nSPS) is 18.6.